The number of nitrogens with one attached hydrogen (secondary N) is 1. The average Bonchev–Trinajstić information content (AvgIpc) is 2.06. The fourth-order valence-electron chi connectivity index (χ4n) is 1.31. The monoisotopic (exact) mass is 229 g/mol. The van der Waals surface area contributed by atoms with Crippen molar-refractivity contribution in [3.8, 4) is 0 Å². The summed E-state index contributed by atoms with van der Waals surface area (Å²) in [6.45, 7) is 0.777. The molecule has 0 aromatic rings. The van der Waals surface area contributed by atoms with E-state index in [2.05, 4.69) is 10.3 Å². The molecule has 6 heteroatoms. The molecule has 1 aliphatic heterocycles. The Hall–Kier alpha value is 0.0600. The van der Waals surface area contributed by atoms with Crippen LogP contribution >= 0.6 is 11.8 Å². The molecule has 0 saturated carbocycles. The van der Waals surface area contributed by atoms with Crippen molar-refractivity contribution < 1.29 is 18.0 Å². The molecule has 1 heterocycles. The maximum absolute atomic E-state index is 11.7. The van der Waals surface area contributed by atoms with Crippen molar-refractivity contribution in [2.45, 2.75) is 37.2 Å². The predicted molar refractivity (Wildman–Crippen MR) is 50.1 cm³/mol. The maximum atomic E-state index is 11.7. The topological polar surface area (TPSA) is 21.3 Å². The van der Waals surface area contributed by atoms with Crippen molar-refractivity contribution in [2.24, 2.45) is 0 Å². The SMILES string of the molecule is CC1SCCCC1NOCC(F)(F)F. The molecule has 1 aliphatic rings. The van der Waals surface area contributed by atoms with Crippen LogP contribution in [0.5, 0.6) is 0 Å². The van der Waals surface area contributed by atoms with Gasteiger partial charge in [-0.05, 0) is 18.6 Å². The Labute approximate surface area is 85.5 Å². The maximum Gasteiger partial charge on any atom is 0.413 e. The quantitative estimate of drug-likeness (QED) is 0.751. The van der Waals surface area contributed by atoms with Crippen molar-refractivity contribution in [3.05, 3.63) is 0 Å². The normalized spacial score (nSPS) is 29.1. The van der Waals surface area contributed by atoms with Crippen LogP contribution in [0.1, 0.15) is 19.8 Å². The fourth-order valence-corrected chi connectivity index (χ4v) is 2.44. The molecule has 2 atom stereocenters. The molecule has 1 N–H and O–H groups in total. The minimum absolute atomic E-state index is 0.0381. The molecule has 2 nitrogen and oxygen atoms in total. The Morgan fingerprint density at radius 2 is 2.21 bits per heavy atom. The third-order valence-electron chi connectivity index (χ3n) is 2.08. The Morgan fingerprint density at radius 1 is 1.50 bits per heavy atom. The van der Waals surface area contributed by atoms with E-state index >= 15 is 0 Å². The molecule has 0 aliphatic carbocycles. The highest BCUT2D eigenvalue weighted by Crippen LogP contribution is 2.25. The Morgan fingerprint density at radius 3 is 2.79 bits per heavy atom. The zero-order valence-corrected chi connectivity index (χ0v) is 8.75. The Kier molecular flexibility index (Phi) is 4.53. The van der Waals surface area contributed by atoms with Crippen molar-refractivity contribution in [1.29, 1.82) is 0 Å². The van der Waals surface area contributed by atoms with Crippen LogP contribution in [0.2, 0.25) is 0 Å². The molecule has 0 aromatic carbocycles. The van der Waals surface area contributed by atoms with E-state index in [9.17, 15) is 13.2 Å². The average molecular weight is 229 g/mol. The molecule has 0 radical (unpaired) electrons. The smallest absolute Gasteiger partial charge is 0.292 e. The van der Waals surface area contributed by atoms with Crippen LogP contribution in [0, 0.1) is 0 Å². The Balaban J connectivity index is 2.17. The second-order valence-electron chi connectivity index (χ2n) is 3.35. The van der Waals surface area contributed by atoms with E-state index < -0.39 is 12.8 Å². The summed E-state index contributed by atoms with van der Waals surface area (Å²) in [7, 11) is 0. The summed E-state index contributed by atoms with van der Waals surface area (Å²) < 4.78 is 35.2. The molecule has 1 rings (SSSR count). The molecule has 2 unspecified atom stereocenters. The van der Waals surface area contributed by atoms with E-state index in [4.69, 9.17) is 0 Å². The summed E-state index contributed by atoms with van der Waals surface area (Å²) >= 11 is 1.76. The molecule has 0 aromatic heterocycles. The lowest BCUT2D eigenvalue weighted by Crippen LogP contribution is -2.40. The summed E-state index contributed by atoms with van der Waals surface area (Å²) in [6.07, 6.45) is -2.34. The lowest BCUT2D eigenvalue weighted by Gasteiger charge is -2.28. The summed E-state index contributed by atoms with van der Waals surface area (Å²) in [5, 5.41) is 0.317. The van der Waals surface area contributed by atoms with Gasteiger partial charge in [-0.15, -0.1) is 0 Å². The number of alkyl halides is 3. The van der Waals surface area contributed by atoms with Crippen molar-refractivity contribution in [3.63, 3.8) is 0 Å². The molecule has 1 saturated heterocycles. The first-order valence-electron chi connectivity index (χ1n) is 4.55. The third kappa shape index (κ3) is 4.52. The van der Waals surface area contributed by atoms with E-state index in [0.29, 0.717) is 5.25 Å². The summed E-state index contributed by atoms with van der Waals surface area (Å²) in [5.74, 6) is 1.08. The second-order valence-corrected chi connectivity index (χ2v) is 4.83. The van der Waals surface area contributed by atoms with Gasteiger partial charge in [-0.2, -0.15) is 30.4 Å². The summed E-state index contributed by atoms with van der Waals surface area (Å²) in [6, 6.07) is 0.0381. The highest BCUT2D eigenvalue weighted by Gasteiger charge is 2.29. The number of hydroxylamine groups is 1. The van der Waals surface area contributed by atoms with Crippen LogP contribution in [-0.2, 0) is 4.84 Å². The highest BCUT2D eigenvalue weighted by molar-refractivity contribution is 7.99. The molecule has 0 bridgehead atoms. The lowest BCUT2D eigenvalue weighted by molar-refractivity contribution is -0.193. The second kappa shape index (κ2) is 5.23. The van der Waals surface area contributed by atoms with Gasteiger partial charge in [0.15, 0.2) is 6.61 Å². The standard InChI is InChI=1S/C8H14F3NOS/c1-6-7(3-2-4-14-6)12-13-5-8(9,10)11/h6-7,12H,2-5H2,1H3. The number of thioether (sulfide) groups is 1. The van der Waals surface area contributed by atoms with Gasteiger partial charge in [0.05, 0.1) is 0 Å². The summed E-state index contributed by atoms with van der Waals surface area (Å²) in [4.78, 5) is 4.42. The van der Waals surface area contributed by atoms with Crippen LogP contribution in [-0.4, -0.2) is 29.8 Å². The largest absolute Gasteiger partial charge is 0.413 e. The van der Waals surface area contributed by atoms with Crippen LogP contribution in [0.4, 0.5) is 13.2 Å². The van der Waals surface area contributed by atoms with Gasteiger partial charge in [0.25, 0.3) is 0 Å². The van der Waals surface area contributed by atoms with E-state index in [1.807, 2.05) is 6.92 Å². The van der Waals surface area contributed by atoms with Gasteiger partial charge in [0.1, 0.15) is 0 Å². The van der Waals surface area contributed by atoms with Crippen LogP contribution in [0.15, 0.2) is 0 Å². The predicted octanol–water partition coefficient (Wildman–Crippen LogP) is 2.35. The van der Waals surface area contributed by atoms with Crippen molar-refractivity contribution in [1.82, 2.24) is 5.48 Å². The number of hydrogen-bond donors (Lipinski definition) is 1. The van der Waals surface area contributed by atoms with Gasteiger partial charge in [-0.1, -0.05) is 6.92 Å². The van der Waals surface area contributed by atoms with E-state index in [0.717, 1.165) is 18.6 Å². The zero-order valence-electron chi connectivity index (χ0n) is 7.93. The molecule has 1 fully saturated rings. The molecule has 0 spiro atoms. The van der Waals surface area contributed by atoms with Crippen LogP contribution < -0.4 is 5.48 Å². The van der Waals surface area contributed by atoms with Gasteiger partial charge in [-0.25, -0.2) is 0 Å². The van der Waals surface area contributed by atoms with E-state index in [1.165, 1.54) is 0 Å². The van der Waals surface area contributed by atoms with Gasteiger partial charge in [-0.3, -0.25) is 4.84 Å². The first-order valence-corrected chi connectivity index (χ1v) is 5.59. The zero-order chi connectivity index (χ0) is 10.6. The van der Waals surface area contributed by atoms with E-state index in [-0.39, 0.29) is 6.04 Å². The minimum Gasteiger partial charge on any atom is -0.292 e. The van der Waals surface area contributed by atoms with Gasteiger partial charge in [0, 0.05) is 11.3 Å². The molecule has 84 valence electrons. The van der Waals surface area contributed by atoms with Crippen molar-refractivity contribution in [2.75, 3.05) is 12.4 Å². The molecule has 0 amide bonds. The van der Waals surface area contributed by atoms with Gasteiger partial charge >= 0.3 is 6.18 Å². The molecular weight excluding hydrogens is 215 g/mol. The van der Waals surface area contributed by atoms with Crippen LogP contribution in [0.25, 0.3) is 0 Å². The third-order valence-corrected chi connectivity index (χ3v) is 3.46. The first-order chi connectivity index (χ1) is 6.49. The van der Waals surface area contributed by atoms with E-state index in [1.54, 1.807) is 11.8 Å². The number of rotatable bonds is 3. The van der Waals surface area contributed by atoms with Gasteiger partial charge < -0.3 is 0 Å². The lowest BCUT2D eigenvalue weighted by atomic mass is 10.1. The number of halogens is 3. The fraction of sp³-hybridized carbons (Fsp3) is 1.00. The van der Waals surface area contributed by atoms with Gasteiger partial charge in [0.2, 0.25) is 0 Å². The van der Waals surface area contributed by atoms with Crippen molar-refractivity contribution >= 4 is 11.8 Å². The number of hydrogen-bond acceptors (Lipinski definition) is 3. The molecule has 14 heavy (non-hydrogen) atoms. The molecular formula is C8H14F3NOS. The minimum atomic E-state index is -4.25. The highest BCUT2D eigenvalue weighted by atomic mass is 32.2. The Bertz CT molecular complexity index is 176. The van der Waals surface area contributed by atoms with Crippen LogP contribution in [0.3, 0.4) is 0 Å². The first kappa shape index (κ1) is 12.1. The summed E-state index contributed by atoms with van der Waals surface area (Å²) in [5.41, 5.74) is 2.49.